The molecule has 0 fully saturated rings. The highest BCUT2D eigenvalue weighted by Gasteiger charge is 2.15. The van der Waals surface area contributed by atoms with E-state index in [9.17, 15) is 14.0 Å². The highest BCUT2D eigenvalue weighted by molar-refractivity contribution is 6.07. The van der Waals surface area contributed by atoms with Gasteiger partial charge < -0.3 is 10.3 Å². The van der Waals surface area contributed by atoms with Crippen molar-refractivity contribution in [1.29, 1.82) is 0 Å². The van der Waals surface area contributed by atoms with Gasteiger partial charge in [-0.3, -0.25) is 9.59 Å². The molecule has 2 rings (SSSR count). The molecule has 0 atom stereocenters. The normalized spacial score (nSPS) is 11.3. The first-order chi connectivity index (χ1) is 10.6. The summed E-state index contributed by atoms with van der Waals surface area (Å²) in [5.41, 5.74) is 2.53. The topological polar surface area (TPSA) is 62.0 Å². The van der Waals surface area contributed by atoms with Gasteiger partial charge in [0.2, 0.25) is 12.2 Å². The Bertz CT molecular complexity index is 719. The molecule has 0 aliphatic heterocycles. The fourth-order valence-electron chi connectivity index (χ4n) is 2.44. The molecular weight excluding hydrogens is 283 g/mol. The van der Waals surface area contributed by atoms with Crippen LogP contribution in [0.15, 0.2) is 36.5 Å². The summed E-state index contributed by atoms with van der Waals surface area (Å²) in [6.45, 7) is 3.55. The molecule has 1 aromatic heterocycles. The van der Waals surface area contributed by atoms with Gasteiger partial charge in [0.1, 0.15) is 5.82 Å². The first-order valence-electron chi connectivity index (χ1n) is 6.96. The van der Waals surface area contributed by atoms with E-state index >= 15 is 0 Å². The van der Waals surface area contributed by atoms with Crippen LogP contribution in [0, 0.1) is 5.82 Å². The van der Waals surface area contributed by atoms with Gasteiger partial charge in [0.25, 0.3) is 0 Å². The second-order valence-corrected chi connectivity index (χ2v) is 4.84. The number of rotatable bonds is 6. The molecule has 5 heteroatoms. The van der Waals surface area contributed by atoms with Gasteiger partial charge in [0.05, 0.1) is 5.69 Å². The van der Waals surface area contributed by atoms with Crippen molar-refractivity contribution in [2.75, 3.05) is 5.32 Å². The first kappa shape index (κ1) is 15.7. The number of aromatic nitrogens is 1. The monoisotopic (exact) mass is 300 g/mol. The lowest BCUT2D eigenvalue weighted by atomic mass is 9.95. The van der Waals surface area contributed by atoms with Crippen molar-refractivity contribution < 1.29 is 14.0 Å². The van der Waals surface area contributed by atoms with Crippen LogP contribution in [0.5, 0.6) is 0 Å². The van der Waals surface area contributed by atoms with Crippen molar-refractivity contribution in [3.05, 3.63) is 59.2 Å². The highest BCUT2D eigenvalue weighted by atomic mass is 19.1. The number of ketones is 1. The van der Waals surface area contributed by atoms with E-state index in [0.29, 0.717) is 40.9 Å². The summed E-state index contributed by atoms with van der Waals surface area (Å²) in [7, 11) is 0. The van der Waals surface area contributed by atoms with Crippen LogP contribution in [0.2, 0.25) is 0 Å². The van der Waals surface area contributed by atoms with Gasteiger partial charge in [-0.1, -0.05) is 6.92 Å². The number of nitrogens with one attached hydrogen (secondary N) is 2. The lowest BCUT2D eigenvalue weighted by Gasteiger charge is -2.14. The van der Waals surface area contributed by atoms with Crippen molar-refractivity contribution in [3.8, 4) is 0 Å². The van der Waals surface area contributed by atoms with Crippen LogP contribution in [0.3, 0.4) is 0 Å². The number of benzene rings is 1. The van der Waals surface area contributed by atoms with Gasteiger partial charge in [-0.2, -0.15) is 0 Å². The third-order valence-corrected chi connectivity index (χ3v) is 3.44. The zero-order chi connectivity index (χ0) is 16.1. The van der Waals surface area contributed by atoms with Crippen LogP contribution in [-0.2, 0) is 11.2 Å². The van der Waals surface area contributed by atoms with E-state index in [-0.39, 0.29) is 5.78 Å². The number of anilines is 1. The molecule has 0 aliphatic rings. The van der Waals surface area contributed by atoms with E-state index in [0.717, 1.165) is 0 Å². The number of aromatic amines is 1. The molecule has 114 valence electrons. The van der Waals surface area contributed by atoms with Gasteiger partial charge >= 0.3 is 0 Å². The second-order valence-electron chi connectivity index (χ2n) is 4.84. The largest absolute Gasteiger partial charge is 0.359 e. The number of hydrogen-bond acceptors (Lipinski definition) is 2. The summed E-state index contributed by atoms with van der Waals surface area (Å²) in [5, 5.41) is 2.56. The molecule has 2 N–H and O–H groups in total. The molecule has 0 radical (unpaired) electrons. The summed E-state index contributed by atoms with van der Waals surface area (Å²) >= 11 is 0. The Morgan fingerprint density at radius 2 is 2.14 bits per heavy atom. The van der Waals surface area contributed by atoms with Crippen LogP contribution < -0.4 is 5.32 Å². The van der Waals surface area contributed by atoms with Gasteiger partial charge in [0.15, 0.2) is 0 Å². The predicted octanol–water partition coefficient (Wildman–Crippen LogP) is 3.57. The summed E-state index contributed by atoms with van der Waals surface area (Å²) in [5.74, 6) is -0.640. The summed E-state index contributed by atoms with van der Waals surface area (Å²) in [6, 6.07) is 6.19. The summed E-state index contributed by atoms with van der Waals surface area (Å²) in [4.78, 5) is 25.6. The molecular formula is C17H17FN2O2. The number of carbonyl (C=O) groups excluding carboxylic acids is 2. The Morgan fingerprint density at radius 3 is 2.73 bits per heavy atom. The average molecular weight is 300 g/mol. The van der Waals surface area contributed by atoms with Crippen molar-refractivity contribution in [1.82, 2.24) is 4.98 Å². The summed E-state index contributed by atoms with van der Waals surface area (Å²) < 4.78 is 14.2. The Balaban J connectivity index is 2.48. The molecule has 4 nitrogen and oxygen atoms in total. The number of H-pyrrole nitrogens is 1. The Labute approximate surface area is 128 Å². The SMILES string of the molecule is CCc1c(NC=O)ccc(F)c1/C(C)=C/C(=O)c1ccc[nH]1. The third-order valence-electron chi connectivity index (χ3n) is 3.44. The minimum Gasteiger partial charge on any atom is -0.359 e. The molecule has 0 bridgehead atoms. The molecule has 2 aromatic rings. The van der Waals surface area contributed by atoms with Crippen molar-refractivity contribution in [2.24, 2.45) is 0 Å². The molecule has 0 unspecified atom stereocenters. The molecule has 1 heterocycles. The van der Waals surface area contributed by atoms with Gasteiger partial charge in [0, 0.05) is 17.4 Å². The zero-order valence-corrected chi connectivity index (χ0v) is 12.4. The minimum atomic E-state index is -0.415. The zero-order valence-electron chi connectivity index (χ0n) is 12.4. The maximum atomic E-state index is 14.2. The lowest BCUT2D eigenvalue weighted by molar-refractivity contribution is -0.105. The minimum absolute atomic E-state index is 0.224. The molecule has 0 saturated carbocycles. The van der Waals surface area contributed by atoms with Gasteiger partial charge in [-0.25, -0.2) is 4.39 Å². The molecule has 22 heavy (non-hydrogen) atoms. The van der Waals surface area contributed by atoms with E-state index in [1.54, 1.807) is 25.3 Å². The van der Waals surface area contributed by atoms with E-state index in [1.165, 1.54) is 18.2 Å². The standard InChI is InChI=1S/C17H17FN2O2/c1-3-12-14(20-10-21)7-6-13(18)17(12)11(2)9-16(22)15-5-4-8-19-15/h4-10,19H,3H2,1-2H3,(H,20,21)/b11-9+. The molecule has 1 aromatic carbocycles. The van der Waals surface area contributed by atoms with E-state index < -0.39 is 5.82 Å². The third kappa shape index (κ3) is 3.14. The Hall–Kier alpha value is -2.69. The maximum Gasteiger partial charge on any atom is 0.211 e. The fourth-order valence-corrected chi connectivity index (χ4v) is 2.44. The van der Waals surface area contributed by atoms with Crippen LogP contribution in [0.1, 0.15) is 35.5 Å². The number of amides is 1. The fraction of sp³-hybridized carbons (Fsp3) is 0.176. The van der Waals surface area contributed by atoms with Crippen LogP contribution >= 0.6 is 0 Å². The lowest BCUT2D eigenvalue weighted by Crippen LogP contribution is -2.04. The van der Waals surface area contributed by atoms with E-state index in [4.69, 9.17) is 0 Å². The Kier molecular flexibility index (Phi) is 4.88. The highest BCUT2D eigenvalue weighted by Crippen LogP contribution is 2.29. The predicted molar refractivity (Wildman–Crippen MR) is 84.2 cm³/mol. The van der Waals surface area contributed by atoms with E-state index in [1.807, 2.05) is 6.92 Å². The first-order valence-corrected chi connectivity index (χ1v) is 6.96. The number of allylic oxidation sites excluding steroid dienone is 2. The average Bonchev–Trinajstić information content (AvgIpc) is 3.03. The molecule has 0 spiro atoms. The number of carbonyl (C=O) groups is 2. The van der Waals surface area contributed by atoms with Gasteiger partial charge in [-0.15, -0.1) is 0 Å². The smallest absolute Gasteiger partial charge is 0.211 e. The van der Waals surface area contributed by atoms with Crippen LogP contribution in [-0.4, -0.2) is 17.2 Å². The second kappa shape index (κ2) is 6.85. The Morgan fingerprint density at radius 1 is 1.36 bits per heavy atom. The van der Waals surface area contributed by atoms with Gasteiger partial charge in [-0.05, 0) is 54.8 Å². The van der Waals surface area contributed by atoms with E-state index in [2.05, 4.69) is 10.3 Å². The van der Waals surface area contributed by atoms with Crippen LogP contribution in [0.4, 0.5) is 10.1 Å². The van der Waals surface area contributed by atoms with Crippen molar-refractivity contribution >= 4 is 23.5 Å². The number of hydrogen-bond donors (Lipinski definition) is 2. The quantitative estimate of drug-likeness (QED) is 0.486. The molecule has 0 aliphatic carbocycles. The van der Waals surface area contributed by atoms with Crippen molar-refractivity contribution in [2.45, 2.75) is 20.3 Å². The molecule has 1 amide bonds. The molecule has 0 saturated heterocycles. The summed E-state index contributed by atoms with van der Waals surface area (Å²) in [6.07, 6.45) is 4.14. The number of halogens is 1. The van der Waals surface area contributed by atoms with Crippen molar-refractivity contribution in [3.63, 3.8) is 0 Å². The maximum absolute atomic E-state index is 14.2. The van der Waals surface area contributed by atoms with Crippen LogP contribution in [0.25, 0.3) is 5.57 Å².